The number of rotatable bonds is 10. The first-order chi connectivity index (χ1) is 11.0. The maximum absolute atomic E-state index is 11.8. The van der Waals surface area contributed by atoms with Crippen LogP contribution in [0.5, 0.6) is 0 Å². The number of hydrogen-bond donors (Lipinski definition) is 2. The fourth-order valence-corrected chi connectivity index (χ4v) is 4.69. The molecule has 0 unspecified atom stereocenters. The van der Waals surface area contributed by atoms with Crippen molar-refractivity contribution in [3.63, 3.8) is 0 Å². The Bertz CT molecular complexity index is 515. The van der Waals surface area contributed by atoms with Crippen molar-refractivity contribution in [1.82, 2.24) is 20.8 Å². The topological polar surface area (TPSA) is 84.0 Å². The summed E-state index contributed by atoms with van der Waals surface area (Å²) in [5.41, 5.74) is 0. The molecular weight excluding hydrogens is 352 g/mol. The third-order valence-corrected chi connectivity index (χ3v) is 5.81. The summed E-state index contributed by atoms with van der Waals surface area (Å²) < 4.78 is 1.40. The standard InChI is InChI=1S/C14H20N4O2S3/c1-5-7-15-11(19)9(3)21-13-17-18-14(23-13)22-10(4)12(20)16-8-6-2/h5-6,9-10H,1-2,7-8H2,3-4H3,(H,15,19)(H,16,20)/t9-,10-/m0/s1. The van der Waals surface area contributed by atoms with E-state index >= 15 is 0 Å². The lowest BCUT2D eigenvalue weighted by Gasteiger charge is -2.08. The highest BCUT2D eigenvalue weighted by Crippen LogP contribution is 2.33. The lowest BCUT2D eigenvalue weighted by Crippen LogP contribution is -2.30. The summed E-state index contributed by atoms with van der Waals surface area (Å²) in [5, 5.41) is 13.0. The van der Waals surface area contributed by atoms with Gasteiger partial charge in [-0.25, -0.2) is 0 Å². The van der Waals surface area contributed by atoms with E-state index in [1.54, 1.807) is 12.2 Å². The molecule has 1 rings (SSSR count). The summed E-state index contributed by atoms with van der Waals surface area (Å²) in [6.45, 7) is 11.6. The normalized spacial score (nSPS) is 13.0. The molecule has 1 aromatic rings. The molecule has 23 heavy (non-hydrogen) atoms. The summed E-state index contributed by atoms with van der Waals surface area (Å²) in [6, 6.07) is 0. The van der Waals surface area contributed by atoms with E-state index in [4.69, 9.17) is 0 Å². The second kappa shape index (κ2) is 10.5. The van der Waals surface area contributed by atoms with Crippen LogP contribution in [-0.4, -0.2) is 45.6 Å². The highest BCUT2D eigenvalue weighted by atomic mass is 32.2. The fourth-order valence-electron chi connectivity index (χ4n) is 1.33. The van der Waals surface area contributed by atoms with Crippen molar-refractivity contribution in [2.45, 2.75) is 33.0 Å². The van der Waals surface area contributed by atoms with Gasteiger partial charge in [-0.3, -0.25) is 9.59 Å². The molecule has 0 aromatic carbocycles. The highest BCUT2D eigenvalue weighted by molar-refractivity contribution is 8.04. The lowest BCUT2D eigenvalue weighted by molar-refractivity contribution is -0.120. The second-order valence-corrected chi connectivity index (χ2v) is 8.58. The van der Waals surface area contributed by atoms with Crippen LogP contribution in [0.15, 0.2) is 34.0 Å². The van der Waals surface area contributed by atoms with E-state index in [1.807, 2.05) is 13.8 Å². The van der Waals surface area contributed by atoms with Gasteiger partial charge in [-0.15, -0.1) is 23.4 Å². The van der Waals surface area contributed by atoms with Gasteiger partial charge in [0.2, 0.25) is 11.8 Å². The zero-order chi connectivity index (χ0) is 17.2. The van der Waals surface area contributed by atoms with Crippen LogP contribution in [0, 0.1) is 0 Å². The van der Waals surface area contributed by atoms with Crippen LogP contribution in [-0.2, 0) is 9.59 Å². The SMILES string of the molecule is C=CCNC(=O)[C@H](C)Sc1nnc(S[C@@H](C)C(=O)NCC=C)s1. The van der Waals surface area contributed by atoms with Gasteiger partial charge in [-0.2, -0.15) is 0 Å². The van der Waals surface area contributed by atoms with Crippen LogP contribution < -0.4 is 10.6 Å². The number of carbonyl (C=O) groups excluding carboxylic acids is 2. The number of nitrogens with zero attached hydrogens (tertiary/aromatic N) is 2. The first-order valence-electron chi connectivity index (χ1n) is 6.92. The largest absolute Gasteiger partial charge is 0.352 e. The van der Waals surface area contributed by atoms with Gasteiger partial charge < -0.3 is 10.6 Å². The zero-order valence-corrected chi connectivity index (χ0v) is 15.5. The van der Waals surface area contributed by atoms with Crippen LogP contribution in [0.4, 0.5) is 0 Å². The number of nitrogens with one attached hydrogen (secondary N) is 2. The average Bonchev–Trinajstić information content (AvgIpc) is 2.96. The van der Waals surface area contributed by atoms with Gasteiger partial charge in [-0.05, 0) is 13.8 Å². The Hall–Kier alpha value is -1.32. The molecule has 126 valence electrons. The molecule has 1 heterocycles. The predicted molar refractivity (Wildman–Crippen MR) is 97.0 cm³/mol. The van der Waals surface area contributed by atoms with E-state index in [0.29, 0.717) is 21.8 Å². The summed E-state index contributed by atoms with van der Waals surface area (Å²) in [7, 11) is 0. The number of thioether (sulfide) groups is 2. The van der Waals surface area contributed by atoms with Crippen LogP contribution in [0.2, 0.25) is 0 Å². The minimum Gasteiger partial charge on any atom is -0.352 e. The van der Waals surface area contributed by atoms with Crippen molar-refractivity contribution in [3.8, 4) is 0 Å². The number of carbonyl (C=O) groups is 2. The molecule has 0 fully saturated rings. The average molecular weight is 373 g/mol. The lowest BCUT2D eigenvalue weighted by atomic mass is 10.4. The molecule has 6 nitrogen and oxygen atoms in total. The summed E-state index contributed by atoms with van der Waals surface area (Å²) in [5.74, 6) is -0.145. The molecular formula is C14H20N4O2S3. The van der Waals surface area contributed by atoms with Gasteiger partial charge in [0, 0.05) is 13.1 Å². The van der Waals surface area contributed by atoms with Crippen molar-refractivity contribution < 1.29 is 9.59 Å². The van der Waals surface area contributed by atoms with Gasteiger partial charge in [-0.1, -0.05) is 47.0 Å². The maximum atomic E-state index is 11.8. The fraction of sp³-hybridized carbons (Fsp3) is 0.429. The van der Waals surface area contributed by atoms with Crippen molar-refractivity contribution >= 4 is 46.7 Å². The summed E-state index contributed by atoms with van der Waals surface area (Å²) in [4.78, 5) is 23.6. The van der Waals surface area contributed by atoms with Crippen molar-refractivity contribution in [2.24, 2.45) is 0 Å². The summed E-state index contributed by atoms with van der Waals surface area (Å²) in [6.07, 6.45) is 3.27. The molecule has 0 aliphatic heterocycles. The smallest absolute Gasteiger partial charge is 0.233 e. The molecule has 9 heteroatoms. The van der Waals surface area contributed by atoms with Gasteiger partial charge >= 0.3 is 0 Å². The first kappa shape index (κ1) is 19.7. The Kier molecular flexibility index (Phi) is 8.97. The monoisotopic (exact) mass is 372 g/mol. The molecule has 0 saturated carbocycles. The Morgan fingerprint density at radius 3 is 1.78 bits per heavy atom. The third-order valence-electron chi connectivity index (χ3n) is 2.52. The van der Waals surface area contributed by atoms with Crippen LogP contribution >= 0.6 is 34.9 Å². The zero-order valence-electron chi connectivity index (χ0n) is 13.1. The Labute approximate surface area is 148 Å². The first-order valence-corrected chi connectivity index (χ1v) is 9.49. The second-order valence-electron chi connectivity index (χ2n) is 4.42. The molecule has 2 atom stereocenters. The molecule has 0 aliphatic carbocycles. The van der Waals surface area contributed by atoms with E-state index in [9.17, 15) is 9.59 Å². The van der Waals surface area contributed by atoms with E-state index in [-0.39, 0.29) is 22.3 Å². The van der Waals surface area contributed by atoms with E-state index in [1.165, 1.54) is 34.9 Å². The molecule has 1 aromatic heterocycles. The molecule has 0 radical (unpaired) electrons. The molecule has 0 aliphatic rings. The van der Waals surface area contributed by atoms with Crippen LogP contribution in [0.1, 0.15) is 13.8 Å². The van der Waals surface area contributed by atoms with E-state index in [2.05, 4.69) is 34.0 Å². The van der Waals surface area contributed by atoms with Gasteiger partial charge in [0.1, 0.15) is 0 Å². The van der Waals surface area contributed by atoms with Crippen molar-refractivity contribution in [2.75, 3.05) is 13.1 Å². The minimum atomic E-state index is -0.269. The Morgan fingerprint density at radius 1 is 1.04 bits per heavy atom. The third kappa shape index (κ3) is 7.19. The molecule has 2 amide bonds. The number of aromatic nitrogens is 2. The van der Waals surface area contributed by atoms with Crippen molar-refractivity contribution in [1.29, 1.82) is 0 Å². The van der Waals surface area contributed by atoms with E-state index < -0.39 is 0 Å². The van der Waals surface area contributed by atoms with Gasteiger partial charge in [0.25, 0.3) is 0 Å². The summed E-state index contributed by atoms with van der Waals surface area (Å²) >= 11 is 4.06. The number of hydrogen-bond acceptors (Lipinski definition) is 7. The minimum absolute atomic E-state index is 0.0727. The van der Waals surface area contributed by atoms with Crippen LogP contribution in [0.3, 0.4) is 0 Å². The molecule has 0 bridgehead atoms. The van der Waals surface area contributed by atoms with Gasteiger partial charge in [0.15, 0.2) is 8.68 Å². The van der Waals surface area contributed by atoms with Crippen molar-refractivity contribution in [3.05, 3.63) is 25.3 Å². The molecule has 2 N–H and O–H groups in total. The Morgan fingerprint density at radius 2 is 1.43 bits per heavy atom. The maximum Gasteiger partial charge on any atom is 0.233 e. The Balaban J connectivity index is 2.50. The van der Waals surface area contributed by atoms with E-state index in [0.717, 1.165) is 0 Å². The molecule has 0 saturated heterocycles. The number of amides is 2. The van der Waals surface area contributed by atoms with Crippen LogP contribution in [0.25, 0.3) is 0 Å². The quantitative estimate of drug-likeness (QED) is 0.483. The van der Waals surface area contributed by atoms with Gasteiger partial charge in [0.05, 0.1) is 10.5 Å². The molecule has 0 spiro atoms. The highest BCUT2D eigenvalue weighted by Gasteiger charge is 2.19. The predicted octanol–water partition coefficient (Wildman–Crippen LogP) is 2.10.